The van der Waals surface area contributed by atoms with E-state index in [0.29, 0.717) is 30.1 Å². The molecule has 0 unspecified atom stereocenters. The average Bonchev–Trinajstić information content (AvgIpc) is 3.50. The molecule has 3 heterocycles. The first-order valence-electron chi connectivity index (χ1n) is 12.2. The van der Waals surface area contributed by atoms with Gasteiger partial charge >= 0.3 is 0 Å². The molecule has 10 heteroatoms. The standard InChI is InChI=1S/C27H26F2N6O2/c1-2-3-12-37-22-6-4-19(5-7-22)23-16-24-27-32-31-25(34(27)10-11-35(24)33-23)8-9-26(36)30-17-18-13-20(28)15-21(29)14-18/h4-7,10-11,13-16H,2-3,8-9,12,17H2,1H3,(H,30,36). The summed E-state index contributed by atoms with van der Waals surface area (Å²) in [7, 11) is 0. The predicted octanol–water partition coefficient (Wildman–Crippen LogP) is 4.75. The van der Waals surface area contributed by atoms with Crippen molar-refractivity contribution in [3.8, 4) is 17.0 Å². The first-order chi connectivity index (χ1) is 18.0. The van der Waals surface area contributed by atoms with E-state index < -0.39 is 11.6 Å². The van der Waals surface area contributed by atoms with E-state index in [1.54, 1.807) is 4.52 Å². The number of aryl methyl sites for hydroxylation is 1. The average molecular weight is 505 g/mol. The smallest absolute Gasteiger partial charge is 0.220 e. The predicted molar refractivity (Wildman–Crippen MR) is 134 cm³/mol. The van der Waals surface area contributed by atoms with Crippen LogP contribution in [0.4, 0.5) is 8.78 Å². The number of ether oxygens (including phenoxy) is 1. The van der Waals surface area contributed by atoms with Gasteiger partial charge in [-0.2, -0.15) is 5.10 Å². The highest BCUT2D eigenvalue weighted by Crippen LogP contribution is 2.24. The number of nitrogens with zero attached hydrogens (tertiary/aromatic N) is 5. The molecule has 8 nitrogen and oxygen atoms in total. The molecule has 0 spiro atoms. The van der Waals surface area contributed by atoms with Gasteiger partial charge in [-0.05, 0) is 54.4 Å². The van der Waals surface area contributed by atoms with Crippen LogP contribution in [0.1, 0.15) is 37.6 Å². The monoisotopic (exact) mass is 504 g/mol. The van der Waals surface area contributed by atoms with Gasteiger partial charge in [0, 0.05) is 43.4 Å². The Morgan fingerprint density at radius 2 is 1.81 bits per heavy atom. The third kappa shape index (κ3) is 5.58. The Balaban J connectivity index is 1.26. The van der Waals surface area contributed by atoms with Crippen molar-refractivity contribution in [1.29, 1.82) is 0 Å². The van der Waals surface area contributed by atoms with Gasteiger partial charge in [-0.1, -0.05) is 13.3 Å². The molecule has 0 saturated carbocycles. The Hall–Kier alpha value is -4.34. The summed E-state index contributed by atoms with van der Waals surface area (Å²) in [6.45, 7) is 2.87. The van der Waals surface area contributed by atoms with Crippen molar-refractivity contribution in [3.05, 3.63) is 83.9 Å². The second-order valence-electron chi connectivity index (χ2n) is 8.75. The molecule has 0 radical (unpaired) electrons. The summed E-state index contributed by atoms with van der Waals surface area (Å²) in [6, 6.07) is 13.0. The Bertz CT molecular complexity index is 1520. The van der Waals surface area contributed by atoms with E-state index in [1.165, 1.54) is 12.1 Å². The number of amides is 1. The van der Waals surface area contributed by atoms with Crippen LogP contribution in [0.2, 0.25) is 0 Å². The summed E-state index contributed by atoms with van der Waals surface area (Å²) in [4.78, 5) is 12.3. The zero-order valence-corrected chi connectivity index (χ0v) is 20.3. The number of fused-ring (bicyclic) bond motifs is 3. The van der Waals surface area contributed by atoms with Gasteiger partial charge in [0.1, 0.15) is 28.7 Å². The van der Waals surface area contributed by atoms with Crippen molar-refractivity contribution >= 4 is 17.1 Å². The molecule has 0 atom stereocenters. The van der Waals surface area contributed by atoms with Crippen LogP contribution in [0.25, 0.3) is 22.4 Å². The molecular formula is C27H26F2N6O2. The second kappa shape index (κ2) is 10.7. The van der Waals surface area contributed by atoms with Crippen molar-refractivity contribution in [2.24, 2.45) is 0 Å². The van der Waals surface area contributed by atoms with E-state index in [2.05, 4.69) is 27.5 Å². The zero-order chi connectivity index (χ0) is 25.8. The number of hydrogen-bond acceptors (Lipinski definition) is 5. The lowest BCUT2D eigenvalue weighted by molar-refractivity contribution is -0.121. The van der Waals surface area contributed by atoms with E-state index in [0.717, 1.165) is 41.4 Å². The van der Waals surface area contributed by atoms with Crippen molar-refractivity contribution in [3.63, 3.8) is 0 Å². The first-order valence-corrected chi connectivity index (χ1v) is 12.2. The number of benzene rings is 2. The van der Waals surface area contributed by atoms with Crippen LogP contribution in [0.5, 0.6) is 5.75 Å². The van der Waals surface area contributed by atoms with Crippen molar-refractivity contribution < 1.29 is 18.3 Å². The van der Waals surface area contributed by atoms with Gasteiger partial charge < -0.3 is 10.1 Å². The Morgan fingerprint density at radius 3 is 2.57 bits per heavy atom. The molecule has 0 aliphatic carbocycles. The number of unbranched alkanes of at least 4 members (excludes halogenated alkanes) is 1. The molecule has 1 N–H and O–H groups in total. The third-order valence-corrected chi connectivity index (χ3v) is 5.99. The summed E-state index contributed by atoms with van der Waals surface area (Å²) in [5.41, 5.74) is 3.53. The summed E-state index contributed by atoms with van der Waals surface area (Å²) in [6.07, 6.45) is 6.24. The second-order valence-corrected chi connectivity index (χ2v) is 8.75. The van der Waals surface area contributed by atoms with Gasteiger partial charge in [-0.15, -0.1) is 10.2 Å². The molecule has 0 bridgehead atoms. The maximum Gasteiger partial charge on any atom is 0.220 e. The molecule has 0 aliphatic heterocycles. The Morgan fingerprint density at radius 1 is 1.03 bits per heavy atom. The largest absolute Gasteiger partial charge is 0.494 e. The van der Waals surface area contributed by atoms with E-state index >= 15 is 0 Å². The quantitative estimate of drug-likeness (QED) is 0.278. The van der Waals surface area contributed by atoms with E-state index in [1.807, 2.05) is 47.1 Å². The third-order valence-electron chi connectivity index (χ3n) is 5.99. The van der Waals surface area contributed by atoms with Gasteiger partial charge in [0.25, 0.3) is 0 Å². The molecule has 0 aliphatic rings. The number of rotatable bonds is 10. The molecule has 190 valence electrons. The maximum absolute atomic E-state index is 13.3. The van der Waals surface area contributed by atoms with E-state index in [4.69, 9.17) is 4.74 Å². The SMILES string of the molecule is CCCCOc1ccc(-c2cc3c4nnc(CCC(=O)NCc5cc(F)cc(F)c5)n4ccn3n2)cc1. The Kier molecular flexibility index (Phi) is 7.07. The molecular weight excluding hydrogens is 478 g/mol. The normalized spacial score (nSPS) is 11.3. The molecule has 0 saturated heterocycles. The molecule has 1 amide bonds. The topological polar surface area (TPSA) is 85.8 Å². The number of nitrogens with one attached hydrogen (secondary N) is 1. The summed E-state index contributed by atoms with van der Waals surface area (Å²) in [5.74, 6) is -0.154. The fraction of sp³-hybridized carbons (Fsp3) is 0.259. The lowest BCUT2D eigenvalue weighted by Crippen LogP contribution is -2.23. The van der Waals surface area contributed by atoms with Crippen molar-refractivity contribution in [2.75, 3.05) is 6.61 Å². The minimum atomic E-state index is -0.679. The number of aromatic nitrogens is 5. The van der Waals surface area contributed by atoms with Crippen LogP contribution in [0.15, 0.2) is 60.9 Å². The van der Waals surface area contributed by atoms with Crippen LogP contribution >= 0.6 is 0 Å². The maximum atomic E-state index is 13.3. The number of hydrogen-bond donors (Lipinski definition) is 1. The number of carbonyl (C=O) groups is 1. The molecule has 5 rings (SSSR count). The Labute approximate surface area is 211 Å². The van der Waals surface area contributed by atoms with Crippen LogP contribution in [-0.4, -0.2) is 36.7 Å². The van der Waals surface area contributed by atoms with Crippen LogP contribution in [-0.2, 0) is 17.8 Å². The van der Waals surface area contributed by atoms with Gasteiger partial charge in [-0.3, -0.25) is 9.20 Å². The molecule has 0 fully saturated rings. The van der Waals surface area contributed by atoms with E-state index in [-0.39, 0.29) is 18.9 Å². The number of carbonyl (C=O) groups excluding carboxylic acids is 1. The van der Waals surface area contributed by atoms with Gasteiger partial charge in [0.15, 0.2) is 5.65 Å². The van der Waals surface area contributed by atoms with Crippen LogP contribution in [0.3, 0.4) is 0 Å². The van der Waals surface area contributed by atoms with E-state index in [9.17, 15) is 13.6 Å². The van der Waals surface area contributed by atoms with Crippen molar-refractivity contribution in [1.82, 2.24) is 29.5 Å². The highest BCUT2D eigenvalue weighted by atomic mass is 19.1. The summed E-state index contributed by atoms with van der Waals surface area (Å²) < 4.78 is 36.0. The summed E-state index contributed by atoms with van der Waals surface area (Å²) >= 11 is 0. The fourth-order valence-corrected chi connectivity index (χ4v) is 4.06. The first kappa shape index (κ1) is 24.4. The number of halogens is 2. The highest BCUT2D eigenvalue weighted by molar-refractivity contribution is 5.77. The van der Waals surface area contributed by atoms with Gasteiger partial charge in [-0.25, -0.2) is 13.3 Å². The molecule has 3 aromatic heterocycles. The summed E-state index contributed by atoms with van der Waals surface area (Å²) in [5, 5.41) is 15.9. The lowest BCUT2D eigenvalue weighted by Gasteiger charge is -2.06. The van der Waals surface area contributed by atoms with Crippen molar-refractivity contribution in [2.45, 2.75) is 39.2 Å². The highest BCUT2D eigenvalue weighted by Gasteiger charge is 2.14. The zero-order valence-electron chi connectivity index (χ0n) is 20.3. The minimum Gasteiger partial charge on any atom is -0.494 e. The minimum absolute atomic E-state index is 0.0408. The van der Waals surface area contributed by atoms with Gasteiger partial charge in [0.2, 0.25) is 5.91 Å². The molecule has 37 heavy (non-hydrogen) atoms. The van der Waals surface area contributed by atoms with Crippen LogP contribution in [0, 0.1) is 11.6 Å². The molecule has 2 aromatic carbocycles. The lowest BCUT2D eigenvalue weighted by atomic mass is 10.1. The fourth-order valence-electron chi connectivity index (χ4n) is 4.06. The van der Waals surface area contributed by atoms with Crippen LogP contribution < -0.4 is 10.1 Å². The molecule has 5 aromatic rings. The van der Waals surface area contributed by atoms with Gasteiger partial charge in [0.05, 0.1) is 12.3 Å².